The van der Waals surface area contributed by atoms with Crippen LogP contribution in [-0.4, -0.2) is 9.55 Å². The summed E-state index contributed by atoms with van der Waals surface area (Å²) in [6.45, 7) is 0.610. The minimum absolute atomic E-state index is 0.347. The lowest BCUT2D eigenvalue weighted by Gasteiger charge is -2.07. The Morgan fingerprint density at radius 2 is 1.63 bits per heavy atom. The first-order valence-corrected chi connectivity index (χ1v) is 8.82. The highest BCUT2D eigenvalue weighted by Crippen LogP contribution is 2.30. The molecule has 0 aliphatic rings. The van der Waals surface area contributed by atoms with E-state index in [4.69, 9.17) is 4.42 Å². The van der Waals surface area contributed by atoms with Crippen LogP contribution in [-0.2, 0) is 6.54 Å². The molecule has 0 bridgehead atoms. The second-order valence-electron chi connectivity index (χ2n) is 6.46. The zero-order valence-corrected chi connectivity index (χ0v) is 14.5. The number of nitrogens with zero attached hydrogens (tertiary/aromatic N) is 2. The Morgan fingerprint density at radius 1 is 0.852 bits per heavy atom. The lowest BCUT2D eigenvalue weighted by molar-refractivity contribution is 0.528. The molecule has 3 aromatic heterocycles. The van der Waals surface area contributed by atoms with Crippen LogP contribution >= 0.6 is 0 Å². The predicted octanol–water partition coefficient (Wildman–Crippen LogP) is 4.86. The number of para-hydroxylation sites is 1. The molecule has 4 heteroatoms. The van der Waals surface area contributed by atoms with Gasteiger partial charge in [0, 0.05) is 29.0 Å². The third kappa shape index (κ3) is 2.62. The van der Waals surface area contributed by atoms with Gasteiger partial charge in [0.25, 0.3) is 0 Å². The van der Waals surface area contributed by atoms with Gasteiger partial charge < -0.3 is 8.98 Å². The van der Waals surface area contributed by atoms with Crippen LogP contribution in [0.3, 0.4) is 0 Å². The minimum Gasteiger partial charge on any atom is -0.419 e. The normalized spacial score (nSPS) is 11.3. The molecular formula is C23H16N2O2. The summed E-state index contributed by atoms with van der Waals surface area (Å²) in [4.78, 5) is 17.3. The predicted molar refractivity (Wildman–Crippen MR) is 107 cm³/mol. The molecule has 0 aliphatic heterocycles. The van der Waals surface area contributed by atoms with Crippen molar-refractivity contribution >= 4 is 21.8 Å². The molecule has 0 radical (unpaired) electrons. The molecular weight excluding hydrogens is 336 g/mol. The number of rotatable bonds is 3. The Hall–Kier alpha value is -3.66. The third-order valence-corrected chi connectivity index (χ3v) is 4.78. The molecule has 2 aromatic carbocycles. The Labute approximate surface area is 155 Å². The first-order valence-electron chi connectivity index (χ1n) is 8.82. The van der Waals surface area contributed by atoms with Gasteiger partial charge in [-0.05, 0) is 29.8 Å². The van der Waals surface area contributed by atoms with Crippen molar-refractivity contribution in [1.29, 1.82) is 0 Å². The van der Waals surface area contributed by atoms with Crippen molar-refractivity contribution in [1.82, 2.24) is 9.55 Å². The summed E-state index contributed by atoms with van der Waals surface area (Å²) in [5, 5.41) is 1.92. The van der Waals surface area contributed by atoms with Crippen molar-refractivity contribution in [2.45, 2.75) is 6.54 Å². The Morgan fingerprint density at radius 3 is 2.44 bits per heavy atom. The number of benzene rings is 2. The summed E-state index contributed by atoms with van der Waals surface area (Å²) in [6.07, 6.45) is 1.69. The molecule has 4 nitrogen and oxygen atoms in total. The van der Waals surface area contributed by atoms with Gasteiger partial charge in [0.1, 0.15) is 11.2 Å². The zero-order valence-electron chi connectivity index (χ0n) is 14.5. The summed E-state index contributed by atoms with van der Waals surface area (Å²) in [5.41, 5.74) is 3.03. The molecule has 3 heterocycles. The average molecular weight is 352 g/mol. The maximum Gasteiger partial charge on any atom is 0.361 e. The fraction of sp³-hybridized carbons (Fsp3) is 0.0435. The molecule has 0 amide bonds. The second kappa shape index (κ2) is 6.25. The summed E-state index contributed by atoms with van der Waals surface area (Å²) in [6, 6.07) is 25.7. The summed E-state index contributed by atoms with van der Waals surface area (Å²) in [5.74, 6) is 0.482. The summed E-state index contributed by atoms with van der Waals surface area (Å²) in [7, 11) is 0. The van der Waals surface area contributed by atoms with E-state index in [1.165, 1.54) is 0 Å². The molecule has 0 fully saturated rings. The van der Waals surface area contributed by atoms with Gasteiger partial charge in [-0.1, -0.05) is 54.6 Å². The number of fused-ring (bicyclic) bond motifs is 3. The summed E-state index contributed by atoms with van der Waals surface area (Å²) >= 11 is 0. The maximum atomic E-state index is 12.9. The van der Waals surface area contributed by atoms with Crippen LogP contribution in [0, 0.1) is 0 Å². The van der Waals surface area contributed by atoms with Gasteiger partial charge in [-0.25, -0.2) is 4.79 Å². The van der Waals surface area contributed by atoms with Crippen LogP contribution in [0.4, 0.5) is 0 Å². The van der Waals surface area contributed by atoms with Crippen LogP contribution in [0.5, 0.6) is 0 Å². The van der Waals surface area contributed by atoms with Crippen molar-refractivity contribution < 1.29 is 4.42 Å². The first kappa shape index (κ1) is 15.6. The molecule has 0 atom stereocenters. The number of hydrogen-bond acceptors (Lipinski definition) is 3. The lowest BCUT2D eigenvalue weighted by atomic mass is 10.1. The van der Waals surface area contributed by atoms with Crippen molar-refractivity contribution in [3.63, 3.8) is 0 Å². The SMILES string of the molecule is O=c1oc(-c2ccccn2)cc2c3ccccc3n(Cc3ccccc3)c12. The minimum atomic E-state index is -0.347. The van der Waals surface area contributed by atoms with Gasteiger partial charge in [-0.2, -0.15) is 0 Å². The van der Waals surface area contributed by atoms with E-state index >= 15 is 0 Å². The van der Waals surface area contributed by atoms with E-state index in [-0.39, 0.29) is 5.63 Å². The van der Waals surface area contributed by atoms with Gasteiger partial charge in [-0.3, -0.25) is 4.98 Å². The molecule has 0 saturated heterocycles. The van der Waals surface area contributed by atoms with Crippen molar-refractivity contribution in [3.05, 3.63) is 101 Å². The van der Waals surface area contributed by atoms with Crippen molar-refractivity contribution in [2.24, 2.45) is 0 Å². The highest BCUT2D eigenvalue weighted by molar-refractivity contribution is 6.08. The monoisotopic (exact) mass is 352 g/mol. The van der Waals surface area contributed by atoms with Crippen LogP contribution in [0.2, 0.25) is 0 Å². The second-order valence-corrected chi connectivity index (χ2v) is 6.46. The van der Waals surface area contributed by atoms with Crippen LogP contribution < -0.4 is 5.63 Å². The highest BCUT2D eigenvalue weighted by atomic mass is 16.4. The zero-order chi connectivity index (χ0) is 18.2. The molecule has 0 unspecified atom stereocenters. The van der Waals surface area contributed by atoms with E-state index < -0.39 is 0 Å². The molecule has 0 aliphatic carbocycles. The van der Waals surface area contributed by atoms with E-state index in [0.717, 1.165) is 21.9 Å². The van der Waals surface area contributed by atoms with E-state index in [0.29, 0.717) is 23.5 Å². The first-order chi connectivity index (χ1) is 13.3. The molecule has 5 aromatic rings. The average Bonchev–Trinajstić information content (AvgIpc) is 3.04. The lowest BCUT2D eigenvalue weighted by Crippen LogP contribution is -2.08. The number of aromatic nitrogens is 2. The molecule has 130 valence electrons. The quantitative estimate of drug-likeness (QED) is 0.466. The van der Waals surface area contributed by atoms with Gasteiger partial charge in [0.2, 0.25) is 0 Å². The van der Waals surface area contributed by atoms with Crippen molar-refractivity contribution in [2.75, 3.05) is 0 Å². The maximum absolute atomic E-state index is 12.9. The molecule has 0 saturated carbocycles. The van der Waals surface area contributed by atoms with Crippen LogP contribution in [0.25, 0.3) is 33.3 Å². The Balaban J connectivity index is 1.81. The molecule has 0 spiro atoms. The Bertz CT molecular complexity index is 1300. The standard InChI is InChI=1S/C23H16N2O2/c26-23-22-18(14-21(27-23)19-11-6-7-13-24-19)17-10-4-5-12-20(17)25(22)15-16-8-2-1-3-9-16/h1-14H,15H2. The molecule has 0 N–H and O–H groups in total. The summed E-state index contributed by atoms with van der Waals surface area (Å²) < 4.78 is 7.68. The number of pyridine rings is 1. The van der Waals surface area contributed by atoms with E-state index in [2.05, 4.69) is 17.1 Å². The van der Waals surface area contributed by atoms with E-state index in [1.807, 2.05) is 71.3 Å². The Kier molecular flexibility index (Phi) is 3.61. The topological polar surface area (TPSA) is 48.0 Å². The van der Waals surface area contributed by atoms with Gasteiger partial charge in [0.05, 0.1) is 0 Å². The van der Waals surface area contributed by atoms with Crippen LogP contribution in [0.1, 0.15) is 5.56 Å². The van der Waals surface area contributed by atoms with Gasteiger partial charge >= 0.3 is 5.63 Å². The van der Waals surface area contributed by atoms with Crippen LogP contribution in [0.15, 0.2) is 94.3 Å². The number of hydrogen-bond donors (Lipinski definition) is 0. The van der Waals surface area contributed by atoms with Gasteiger partial charge in [-0.15, -0.1) is 0 Å². The highest BCUT2D eigenvalue weighted by Gasteiger charge is 2.17. The largest absolute Gasteiger partial charge is 0.419 e. The van der Waals surface area contributed by atoms with Gasteiger partial charge in [0.15, 0.2) is 5.76 Å². The molecule has 27 heavy (non-hydrogen) atoms. The molecule has 5 rings (SSSR count). The fourth-order valence-corrected chi connectivity index (χ4v) is 3.57. The van der Waals surface area contributed by atoms with Crippen molar-refractivity contribution in [3.8, 4) is 11.5 Å². The van der Waals surface area contributed by atoms with E-state index in [1.54, 1.807) is 6.20 Å². The smallest absolute Gasteiger partial charge is 0.361 e. The van der Waals surface area contributed by atoms with E-state index in [9.17, 15) is 4.79 Å². The fourth-order valence-electron chi connectivity index (χ4n) is 3.57. The third-order valence-electron chi connectivity index (χ3n) is 4.78.